The molecule has 0 bridgehead atoms. The quantitative estimate of drug-likeness (QED) is 0.172. The van der Waals surface area contributed by atoms with Crippen molar-refractivity contribution in [2.75, 3.05) is 21.3 Å². The van der Waals surface area contributed by atoms with Crippen molar-refractivity contribution in [1.29, 1.82) is 0 Å². The van der Waals surface area contributed by atoms with Crippen molar-refractivity contribution in [3.05, 3.63) is 161 Å². The van der Waals surface area contributed by atoms with Gasteiger partial charge in [0.25, 0.3) is 0 Å². The minimum absolute atomic E-state index is 0.300. The summed E-state index contributed by atoms with van der Waals surface area (Å²) < 4.78 is 31.2. The lowest BCUT2D eigenvalue weighted by molar-refractivity contribution is -0.156. The molecule has 8 nitrogen and oxygen atoms in total. The molecule has 2 aliphatic heterocycles. The molecule has 0 radical (unpaired) electrons. The standard InChI is InChI=1S/C42H43N3O5/c1-40(2)49-37-38(50-40)42(32-22-14-8-15-23-32,33-24-16-9-17-25-33)45-39(43-28-29-26-34(46-3)36(48-5)35(27-29)47-4)44-41(37,30-18-10-6-11-19-30)31-20-12-7-13-21-31/h6-27,37-38H,28H2,1-5H3,(H2,43,44,45)/t37-,38-/m1/s1. The summed E-state index contributed by atoms with van der Waals surface area (Å²) >= 11 is 0. The van der Waals surface area contributed by atoms with E-state index in [9.17, 15) is 0 Å². The molecule has 0 amide bonds. The monoisotopic (exact) mass is 669 g/mol. The maximum atomic E-state index is 7.13. The Morgan fingerprint density at radius 3 is 1.24 bits per heavy atom. The molecule has 2 fully saturated rings. The van der Waals surface area contributed by atoms with E-state index >= 15 is 0 Å². The lowest BCUT2D eigenvalue weighted by Gasteiger charge is -2.43. The average Bonchev–Trinajstić information content (AvgIpc) is 3.45. The number of methoxy groups -OCH3 is 3. The second-order valence-corrected chi connectivity index (χ2v) is 13.0. The van der Waals surface area contributed by atoms with Gasteiger partial charge in [0.15, 0.2) is 23.2 Å². The van der Waals surface area contributed by atoms with Gasteiger partial charge in [-0.05, 0) is 53.8 Å². The van der Waals surface area contributed by atoms with E-state index in [0.29, 0.717) is 29.8 Å². The van der Waals surface area contributed by atoms with Crippen LogP contribution in [0.4, 0.5) is 0 Å². The van der Waals surface area contributed by atoms with Gasteiger partial charge in [0.05, 0.1) is 27.9 Å². The fourth-order valence-corrected chi connectivity index (χ4v) is 7.50. The van der Waals surface area contributed by atoms with Crippen LogP contribution in [0.2, 0.25) is 0 Å². The lowest BCUT2D eigenvalue weighted by atomic mass is 9.69. The highest BCUT2D eigenvalue weighted by Crippen LogP contribution is 2.52. The Balaban J connectivity index is 1.52. The van der Waals surface area contributed by atoms with Crippen LogP contribution in [0.15, 0.2) is 138 Å². The first-order valence-corrected chi connectivity index (χ1v) is 16.8. The smallest absolute Gasteiger partial charge is 0.203 e. The van der Waals surface area contributed by atoms with Gasteiger partial charge in [0.2, 0.25) is 5.75 Å². The van der Waals surface area contributed by atoms with E-state index in [0.717, 1.165) is 27.8 Å². The number of ether oxygens (including phenoxy) is 5. The number of aliphatic imine (C=N–C) groups is 1. The number of guanidine groups is 1. The van der Waals surface area contributed by atoms with Crippen molar-refractivity contribution in [2.45, 2.75) is 49.5 Å². The van der Waals surface area contributed by atoms with Crippen LogP contribution in [0.1, 0.15) is 41.7 Å². The SMILES string of the molecule is COc1cc(CN=C2NC(c3ccccc3)(c3ccccc3)[C@@H]3OC(C)(C)O[C@H]3C(c3ccccc3)(c3ccccc3)N2)cc(OC)c1OC. The Morgan fingerprint density at radius 1 is 0.560 bits per heavy atom. The average molecular weight is 670 g/mol. The Morgan fingerprint density at radius 2 is 0.920 bits per heavy atom. The first-order chi connectivity index (χ1) is 24.3. The summed E-state index contributed by atoms with van der Waals surface area (Å²) in [7, 11) is 4.83. The van der Waals surface area contributed by atoms with Crippen molar-refractivity contribution in [3.63, 3.8) is 0 Å². The number of hydrogen-bond acceptors (Lipinski definition) is 6. The van der Waals surface area contributed by atoms with E-state index in [2.05, 4.69) is 108 Å². The maximum absolute atomic E-state index is 7.13. The summed E-state index contributed by atoms with van der Waals surface area (Å²) in [6, 6.07) is 45.6. The largest absolute Gasteiger partial charge is 0.493 e. The fourth-order valence-electron chi connectivity index (χ4n) is 7.50. The molecule has 5 aromatic carbocycles. The zero-order chi connectivity index (χ0) is 34.8. The molecule has 8 heteroatoms. The molecule has 0 spiro atoms. The number of rotatable bonds is 9. The van der Waals surface area contributed by atoms with Crippen molar-refractivity contribution in [3.8, 4) is 17.2 Å². The van der Waals surface area contributed by atoms with Crippen LogP contribution in [-0.2, 0) is 27.1 Å². The molecular weight excluding hydrogens is 626 g/mol. The molecule has 2 saturated heterocycles. The molecule has 5 aromatic rings. The van der Waals surface area contributed by atoms with E-state index in [1.807, 2.05) is 50.2 Å². The van der Waals surface area contributed by atoms with E-state index in [4.69, 9.17) is 28.7 Å². The predicted molar refractivity (Wildman–Crippen MR) is 195 cm³/mol. The second kappa shape index (κ2) is 13.5. The van der Waals surface area contributed by atoms with E-state index < -0.39 is 29.1 Å². The van der Waals surface area contributed by atoms with Gasteiger partial charge < -0.3 is 34.3 Å². The van der Waals surface area contributed by atoms with Gasteiger partial charge in [-0.1, -0.05) is 121 Å². The second-order valence-electron chi connectivity index (χ2n) is 13.0. The van der Waals surface area contributed by atoms with Crippen LogP contribution >= 0.6 is 0 Å². The number of nitrogens with one attached hydrogen (secondary N) is 2. The summed E-state index contributed by atoms with van der Waals surface area (Å²) in [4.78, 5) is 5.31. The zero-order valence-electron chi connectivity index (χ0n) is 29.1. The van der Waals surface area contributed by atoms with Crippen LogP contribution < -0.4 is 24.8 Å². The molecular formula is C42H43N3O5. The summed E-state index contributed by atoms with van der Waals surface area (Å²) in [5.74, 6) is 1.31. The third-order valence-corrected chi connectivity index (χ3v) is 9.64. The summed E-state index contributed by atoms with van der Waals surface area (Å²) in [5.41, 5.74) is 3.07. The van der Waals surface area contributed by atoms with Crippen LogP contribution in [-0.4, -0.2) is 45.3 Å². The first-order valence-electron chi connectivity index (χ1n) is 16.8. The topological polar surface area (TPSA) is 82.6 Å². The molecule has 50 heavy (non-hydrogen) atoms. The van der Waals surface area contributed by atoms with Crippen molar-refractivity contribution in [2.24, 2.45) is 4.99 Å². The molecule has 0 aromatic heterocycles. The normalized spacial score (nSPS) is 20.0. The molecule has 0 saturated carbocycles. The molecule has 0 aliphatic carbocycles. The Kier molecular flexibility index (Phi) is 8.99. The van der Waals surface area contributed by atoms with Crippen LogP contribution in [0, 0.1) is 0 Å². The third kappa shape index (κ3) is 5.74. The van der Waals surface area contributed by atoms with E-state index in [1.165, 1.54) is 0 Å². The number of nitrogens with zero attached hydrogens (tertiary/aromatic N) is 1. The van der Waals surface area contributed by atoms with Gasteiger partial charge in [-0.15, -0.1) is 0 Å². The molecule has 2 aliphatic rings. The maximum Gasteiger partial charge on any atom is 0.203 e. The summed E-state index contributed by atoms with van der Waals surface area (Å²) in [6.07, 6.45) is -1.08. The van der Waals surface area contributed by atoms with Gasteiger partial charge in [-0.2, -0.15) is 0 Å². The molecule has 7 rings (SSSR count). The Labute approximate surface area is 294 Å². The number of fused-ring (bicyclic) bond motifs is 1. The molecule has 256 valence electrons. The number of benzene rings is 5. The van der Waals surface area contributed by atoms with Gasteiger partial charge in [0.1, 0.15) is 23.3 Å². The summed E-state index contributed by atoms with van der Waals surface area (Å²) in [6.45, 7) is 4.28. The highest BCUT2D eigenvalue weighted by atomic mass is 16.8. The van der Waals surface area contributed by atoms with Crippen LogP contribution in [0.5, 0.6) is 17.2 Å². The number of hydrogen-bond donors (Lipinski definition) is 2. The van der Waals surface area contributed by atoms with Crippen LogP contribution in [0.3, 0.4) is 0 Å². The molecule has 2 atom stereocenters. The van der Waals surface area contributed by atoms with E-state index in [-0.39, 0.29) is 0 Å². The van der Waals surface area contributed by atoms with Crippen molar-refractivity contribution >= 4 is 5.96 Å². The fraction of sp³-hybridized carbons (Fsp3) is 0.262. The minimum Gasteiger partial charge on any atom is -0.493 e. The minimum atomic E-state index is -0.937. The predicted octanol–water partition coefficient (Wildman–Crippen LogP) is 7.17. The van der Waals surface area contributed by atoms with Gasteiger partial charge in [-0.25, -0.2) is 4.99 Å². The zero-order valence-corrected chi connectivity index (χ0v) is 29.1. The van der Waals surface area contributed by atoms with Gasteiger partial charge in [-0.3, -0.25) is 0 Å². The molecule has 2 heterocycles. The van der Waals surface area contributed by atoms with Crippen molar-refractivity contribution < 1.29 is 23.7 Å². The Bertz CT molecular complexity index is 1730. The summed E-state index contributed by atoms with van der Waals surface area (Å²) in [5, 5.41) is 7.92. The van der Waals surface area contributed by atoms with E-state index in [1.54, 1.807) is 21.3 Å². The van der Waals surface area contributed by atoms with Crippen molar-refractivity contribution in [1.82, 2.24) is 10.6 Å². The molecule has 0 unspecified atom stereocenters. The first kappa shape index (κ1) is 33.2. The van der Waals surface area contributed by atoms with Gasteiger partial charge >= 0.3 is 0 Å². The highest BCUT2D eigenvalue weighted by Gasteiger charge is 2.64. The third-order valence-electron chi connectivity index (χ3n) is 9.64. The highest BCUT2D eigenvalue weighted by molar-refractivity contribution is 5.84. The van der Waals surface area contributed by atoms with Gasteiger partial charge in [0, 0.05) is 0 Å². The Hall–Kier alpha value is -5.31. The van der Waals surface area contributed by atoms with Crippen LogP contribution in [0.25, 0.3) is 0 Å². The lowest BCUT2D eigenvalue weighted by Crippen LogP contribution is -2.58. The molecule has 2 N–H and O–H groups in total.